The van der Waals surface area contributed by atoms with Crippen molar-refractivity contribution >= 4 is 23.1 Å². The molecule has 1 heterocycles. The Bertz CT molecular complexity index is 527. The molecule has 0 radical (unpaired) electrons. The molecule has 19 heavy (non-hydrogen) atoms. The predicted octanol–water partition coefficient (Wildman–Crippen LogP) is 2.80. The van der Waals surface area contributed by atoms with E-state index in [2.05, 4.69) is 4.90 Å². The molecule has 100 valence electrons. The lowest BCUT2D eigenvalue weighted by molar-refractivity contribution is -0.384. The summed E-state index contributed by atoms with van der Waals surface area (Å²) in [5, 5.41) is 20.0. The zero-order chi connectivity index (χ0) is 13.8. The summed E-state index contributed by atoms with van der Waals surface area (Å²) in [5.41, 5.74) is 1.00. The Morgan fingerprint density at radius 2 is 2.42 bits per heavy atom. The van der Waals surface area contributed by atoms with Crippen molar-refractivity contribution in [2.24, 2.45) is 0 Å². The summed E-state index contributed by atoms with van der Waals surface area (Å²) < 4.78 is 0. The van der Waals surface area contributed by atoms with Crippen molar-refractivity contribution in [3.63, 3.8) is 0 Å². The van der Waals surface area contributed by atoms with Gasteiger partial charge in [-0.25, -0.2) is 0 Å². The van der Waals surface area contributed by atoms with E-state index in [-0.39, 0.29) is 5.69 Å². The highest BCUT2D eigenvalue weighted by Gasteiger charge is 2.29. The number of anilines is 1. The van der Waals surface area contributed by atoms with E-state index < -0.39 is 4.92 Å². The van der Waals surface area contributed by atoms with Gasteiger partial charge in [0.05, 0.1) is 16.6 Å². The van der Waals surface area contributed by atoms with Crippen LogP contribution in [0.4, 0.5) is 11.4 Å². The summed E-state index contributed by atoms with van der Waals surface area (Å²) >= 11 is 1.76. The maximum absolute atomic E-state index is 11.2. The van der Waals surface area contributed by atoms with E-state index in [1.165, 1.54) is 6.07 Å². The van der Waals surface area contributed by atoms with E-state index in [1.54, 1.807) is 23.9 Å². The summed E-state index contributed by atoms with van der Waals surface area (Å²) in [4.78, 5) is 12.9. The highest BCUT2D eigenvalue weighted by atomic mass is 32.2. The number of nitriles is 1. The molecule has 1 atom stereocenters. The molecular formula is C13H15N3O2S. The standard InChI is InChI=1S/C13H15N3O2S/c1-19-9-11-3-2-6-15(11)12-5-4-10(8-14)7-13(12)16(17)18/h4-5,7,11H,2-3,6,9H2,1H3. The van der Waals surface area contributed by atoms with Crippen LogP contribution in [0.1, 0.15) is 18.4 Å². The van der Waals surface area contributed by atoms with Gasteiger partial charge in [0.25, 0.3) is 5.69 Å². The summed E-state index contributed by atoms with van der Waals surface area (Å²) in [5.74, 6) is 0.969. The molecule has 1 fully saturated rings. The molecule has 0 bridgehead atoms. The van der Waals surface area contributed by atoms with Gasteiger partial charge >= 0.3 is 0 Å². The molecule has 0 saturated carbocycles. The second-order valence-electron chi connectivity index (χ2n) is 4.52. The fourth-order valence-corrected chi connectivity index (χ4v) is 3.23. The molecule has 0 N–H and O–H groups in total. The first kappa shape index (κ1) is 13.7. The predicted molar refractivity (Wildman–Crippen MR) is 76.6 cm³/mol. The molecule has 1 aromatic rings. The van der Waals surface area contributed by atoms with Crippen LogP contribution < -0.4 is 4.90 Å². The molecule has 0 aromatic heterocycles. The number of benzene rings is 1. The van der Waals surface area contributed by atoms with Gasteiger partial charge < -0.3 is 4.90 Å². The molecule has 1 unspecified atom stereocenters. The molecule has 1 aliphatic heterocycles. The SMILES string of the molecule is CSCC1CCCN1c1ccc(C#N)cc1[N+](=O)[O-]. The van der Waals surface area contributed by atoms with Crippen LogP contribution >= 0.6 is 11.8 Å². The van der Waals surface area contributed by atoms with Gasteiger partial charge in [0.15, 0.2) is 0 Å². The smallest absolute Gasteiger partial charge is 0.293 e. The lowest BCUT2D eigenvalue weighted by atomic mass is 10.1. The summed E-state index contributed by atoms with van der Waals surface area (Å²) in [6.45, 7) is 0.845. The van der Waals surface area contributed by atoms with Crippen LogP contribution in [0.5, 0.6) is 0 Å². The highest BCUT2D eigenvalue weighted by molar-refractivity contribution is 7.98. The van der Waals surface area contributed by atoms with Crippen molar-refractivity contribution < 1.29 is 4.92 Å². The number of hydrogen-bond donors (Lipinski definition) is 0. The zero-order valence-corrected chi connectivity index (χ0v) is 11.5. The molecule has 6 heteroatoms. The van der Waals surface area contributed by atoms with Crippen LogP contribution in [0.3, 0.4) is 0 Å². The van der Waals surface area contributed by atoms with Gasteiger partial charge in [-0.15, -0.1) is 0 Å². The van der Waals surface area contributed by atoms with Crippen molar-refractivity contribution in [2.75, 3.05) is 23.5 Å². The quantitative estimate of drug-likeness (QED) is 0.625. The Hall–Kier alpha value is -1.74. The largest absolute Gasteiger partial charge is 0.362 e. The molecule has 0 spiro atoms. The third-order valence-corrected chi connectivity index (χ3v) is 4.06. The average molecular weight is 277 g/mol. The molecule has 5 nitrogen and oxygen atoms in total. The summed E-state index contributed by atoms with van der Waals surface area (Å²) in [7, 11) is 0. The van der Waals surface area contributed by atoms with E-state index in [4.69, 9.17) is 5.26 Å². The summed E-state index contributed by atoms with van der Waals surface area (Å²) in [6, 6.07) is 7.02. The first-order valence-electron chi connectivity index (χ1n) is 6.11. The first-order chi connectivity index (χ1) is 9.17. The van der Waals surface area contributed by atoms with Gasteiger partial charge in [-0.3, -0.25) is 10.1 Å². The number of nitro benzene ring substituents is 1. The van der Waals surface area contributed by atoms with Gasteiger partial charge in [-0.2, -0.15) is 17.0 Å². The fraction of sp³-hybridized carbons (Fsp3) is 0.462. The van der Waals surface area contributed by atoms with E-state index >= 15 is 0 Å². The van der Waals surface area contributed by atoms with Crippen LogP contribution in [-0.2, 0) is 0 Å². The molecule has 1 aromatic carbocycles. The van der Waals surface area contributed by atoms with Crippen molar-refractivity contribution in [2.45, 2.75) is 18.9 Å². The van der Waals surface area contributed by atoms with Crippen LogP contribution in [-0.4, -0.2) is 29.5 Å². The van der Waals surface area contributed by atoms with E-state index in [1.807, 2.05) is 12.3 Å². The Morgan fingerprint density at radius 3 is 3.05 bits per heavy atom. The molecular weight excluding hydrogens is 262 g/mol. The lowest BCUT2D eigenvalue weighted by Crippen LogP contribution is -2.31. The number of rotatable bonds is 4. The molecule has 1 aliphatic rings. The van der Waals surface area contributed by atoms with Crippen LogP contribution in [0, 0.1) is 21.4 Å². The third-order valence-electron chi connectivity index (χ3n) is 3.35. The van der Waals surface area contributed by atoms with Gasteiger partial charge in [0.1, 0.15) is 5.69 Å². The topological polar surface area (TPSA) is 70.2 Å². The zero-order valence-electron chi connectivity index (χ0n) is 10.7. The van der Waals surface area contributed by atoms with E-state index in [0.29, 0.717) is 17.3 Å². The Labute approximate surface area is 116 Å². The van der Waals surface area contributed by atoms with Crippen molar-refractivity contribution in [1.29, 1.82) is 5.26 Å². The first-order valence-corrected chi connectivity index (χ1v) is 7.51. The number of nitro groups is 1. The van der Waals surface area contributed by atoms with E-state index in [9.17, 15) is 10.1 Å². The van der Waals surface area contributed by atoms with Crippen molar-refractivity contribution in [3.05, 3.63) is 33.9 Å². The maximum Gasteiger partial charge on any atom is 0.293 e. The van der Waals surface area contributed by atoms with Crippen LogP contribution in [0.15, 0.2) is 18.2 Å². The van der Waals surface area contributed by atoms with Gasteiger partial charge in [-0.1, -0.05) is 0 Å². The summed E-state index contributed by atoms with van der Waals surface area (Å²) in [6.07, 6.45) is 4.17. The number of hydrogen-bond acceptors (Lipinski definition) is 5. The minimum atomic E-state index is -0.398. The second-order valence-corrected chi connectivity index (χ2v) is 5.43. The molecule has 0 amide bonds. The molecule has 0 aliphatic carbocycles. The maximum atomic E-state index is 11.2. The monoisotopic (exact) mass is 277 g/mol. The van der Waals surface area contributed by atoms with Crippen LogP contribution in [0.25, 0.3) is 0 Å². The van der Waals surface area contributed by atoms with Gasteiger partial charge in [-0.05, 0) is 31.2 Å². The van der Waals surface area contributed by atoms with Crippen molar-refractivity contribution in [3.8, 4) is 6.07 Å². The fourth-order valence-electron chi connectivity index (χ4n) is 2.50. The number of thioether (sulfide) groups is 1. The Kier molecular flexibility index (Phi) is 4.27. The Morgan fingerprint density at radius 1 is 1.63 bits per heavy atom. The minimum Gasteiger partial charge on any atom is -0.362 e. The number of nitrogens with zero attached hydrogens (tertiary/aromatic N) is 3. The van der Waals surface area contributed by atoms with Crippen molar-refractivity contribution in [1.82, 2.24) is 0 Å². The molecule has 1 saturated heterocycles. The van der Waals surface area contributed by atoms with Gasteiger partial charge in [0.2, 0.25) is 0 Å². The second kappa shape index (κ2) is 5.93. The highest BCUT2D eigenvalue weighted by Crippen LogP contribution is 2.34. The lowest BCUT2D eigenvalue weighted by Gasteiger charge is -2.25. The van der Waals surface area contributed by atoms with E-state index in [0.717, 1.165) is 25.1 Å². The average Bonchev–Trinajstić information content (AvgIpc) is 2.86. The van der Waals surface area contributed by atoms with Crippen LogP contribution in [0.2, 0.25) is 0 Å². The third kappa shape index (κ3) is 2.82. The van der Waals surface area contributed by atoms with Gasteiger partial charge in [0, 0.05) is 24.4 Å². The Balaban J connectivity index is 2.38. The molecule has 2 rings (SSSR count). The minimum absolute atomic E-state index is 0.0343. The normalized spacial score (nSPS) is 18.3.